The van der Waals surface area contributed by atoms with Crippen LogP contribution in [-0.4, -0.2) is 12.6 Å². The van der Waals surface area contributed by atoms with Gasteiger partial charge in [-0.1, -0.05) is 24.8 Å². The van der Waals surface area contributed by atoms with Crippen molar-refractivity contribution in [2.24, 2.45) is 0 Å². The summed E-state index contributed by atoms with van der Waals surface area (Å²) in [7, 11) is 0. The highest BCUT2D eigenvalue weighted by atomic mass is 127. The minimum absolute atomic E-state index is 0.210. The quantitative estimate of drug-likeness (QED) is 0.442. The molecule has 0 radical (unpaired) electrons. The molecule has 0 unspecified atom stereocenters. The van der Waals surface area contributed by atoms with Crippen molar-refractivity contribution in [1.82, 2.24) is 0 Å². The summed E-state index contributed by atoms with van der Waals surface area (Å²) in [5.74, 6) is -0.210. The normalized spacial score (nSPS) is 12.5. The lowest BCUT2D eigenvalue weighted by atomic mass is 10.1. The minimum atomic E-state index is -0.210. The zero-order valence-corrected chi connectivity index (χ0v) is 10.7. The molecule has 0 saturated carbocycles. The van der Waals surface area contributed by atoms with Crippen LogP contribution in [0.3, 0.4) is 0 Å². The van der Waals surface area contributed by atoms with E-state index in [4.69, 9.17) is 4.74 Å². The van der Waals surface area contributed by atoms with Gasteiger partial charge in [0.1, 0.15) is 0 Å². The molecule has 0 aromatic heterocycles. The highest BCUT2D eigenvalue weighted by Crippen LogP contribution is 2.08. The average Bonchev–Trinajstić information content (AvgIpc) is 2.12. The standard InChI is InChI=1S/C11H15IO2/c1-4-10(7-6-9(3)12)8-11(13)14-5-2/h4,6-7H,1,5,8H2,2-3H3/b9-6+,10-7+. The number of rotatable bonds is 5. The lowest BCUT2D eigenvalue weighted by Crippen LogP contribution is -2.04. The van der Waals surface area contributed by atoms with Gasteiger partial charge in [0.25, 0.3) is 0 Å². The topological polar surface area (TPSA) is 26.3 Å². The highest BCUT2D eigenvalue weighted by molar-refractivity contribution is 14.1. The summed E-state index contributed by atoms with van der Waals surface area (Å²) in [6.07, 6.45) is 5.78. The molecule has 0 spiro atoms. The molecule has 0 saturated heterocycles. The van der Waals surface area contributed by atoms with Gasteiger partial charge in [-0.2, -0.15) is 0 Å². The van der Waals surface area contributed by atoms with E-state index in [0.29, 0.717) is 6.61 Å². The summed E-state index contributed by atoms with van der Waals surface area (Å²) in [5, 5.41) is 0. The molecule has 0 bridgehead atoms. The van der Waals surface area contributed by atoms with E-state index in [1.165, 1.54) is 0 Å². The molecule has 78 valence electrons. The first-order chi connectivity index (χ1) is 6.60. The fourth-order valence-corrected chi connectivity index (χ4v) is 0.979. The Morgan fingerprint density at radius 1 is 1.50 bits per heavy atom. The fraction of sp³-hybridized carbons (Fsp3) is 0.364. The zero-order chi connectivity index (χ0) is 11.0. The molecule has 3 heteroatoms. The van der Waals surface area contributed by atoms with Gasteiger partial charge in [0.05, 0.1) is 13.0 Å². The van der Waals surface area contributed by atoms with Crippen LogP contribution < -0.4 is 0 Å². The van der Waals surface area contributed by atoms with Crippen molar-refractivity contribution in [1.29, 1.82) is 0 Å². The van der Waals surface area contributed by atoms with Crippen molar-refractivity contribution in [3.63, 3.8) is 0 Å². The number of carbonyl (C=O) groups is 1. The van der Waals surface area contributed by atoms with Crippen LogP contribution in [0.4, 0.5) is 0 Å². The van der Waals surface area contributed by atoms with E-state index in [9.17, 15) is 4.79 Å². The molecule has 0 N–H and O–H groups in total. The van der Waals surface area contributed by atoms with E-state index in [-0.39, 0.29) is 12.4 Å². The van der Waals surface area contributed by atoms with Crippen molar-refractivity contribution < 1.29 is 9.53 Å². The van der Waals surface area contributed by atoms with E-state index in [1.807, 2.05) is 19.1 Å². The van der Waals surface area contributed by atoms with Crippen LogP contribution in [0.1, 0.15) is 20.3 Å². The lowest BCUT2D eigenvalue weighted by molar-refractivity contribution is -0.142. The summed E-state index contributed by atoms with van der Waals surface area (Å²) in [4.78, 5) is 11.1. The first-order valence-electron chi connectivity index (χ1n) is 4.41. The second-order valence-electron chi connectivity index (χ2n) is 2.68. The predicted octanol–water partition coefficient (Wildman–Crippen LogP) is 3.39. The van der Waals surface area contributed by atoms with Crippen LogP contribution in [0.5, 0.6) is 0 Å². The SMILES string of the molecule is C=C/C(=C\C=C(/C)I)CC(=O)OCC. The minimum Gasteiger partial charge on any atom is -0.466 e. The Morgan fingerprint density at radius 2 is 2.14 bits per heavy atom. The van der Waals surface area contributed by atoms with Crippen LogP contribution in [0.15, 0.2) is 34.0 Å². The summed E-state index contributed by atoms with van der Waals surface area (Å²) in [5.41, 5.74) is 0.875. The van der Waals surface area contributed by atoms with Crippen LogP contribution in [0, 0.1) is 0 Å². The molecular weight excluding hydrogens is 291 g/mol. The maximum absolute atomic E-state index is 11.1. The van der Waals surface area contributed by atoms with Crippen molar-refractivity contribution in [2.75, 3.05) is 6.61 Å². The van der Waals surface area contributed by atoms with Crippen molar-refractivity contribution in [3.8, 4) is 0 Å². The molecular formula is C11H15IO2. The van der Waals surface area contributed by atoms with Gasteiger partial charge in [-0.3, -0.25) is 4.79 Å². The molecule has 0 aliphatic rings. The summed E-state index contributed by atoms with van der Waals surface area (Å²) >= 11 is 2.21. The number of carbonyl (C=O) groups excluding carboxylic acids is 1. The largest absolute Gasteiger partial charge is 0.466 e. The Kier molecular flexibility index (Phi) is 7.47. The maximum Gasteiger partial charge on any atom is 0.310 e. The van der Waals surface area contributed by atoms with Crippen LogP contribution >= 0.6 is 22.6 Å². The third-order valence-corrected chi connectivity index (χ3v) is 1.80. The van der Waals surface area contributed by atoms with E-state index in [1.54, 1.807) is 13.0 Å². The molecule has 0 aromatic rings. The number of hydrogen-bond donors (Lipinski definition) is 0. The third-order valence-electron chi connectivity index (χ3n) is 1.44. The molecule has 2 nitrogen and oxygen atoms in total. The first kappa shape index (κ1) is 13.4. The third kappa shape index (κ3) is 6.88. The smallest absolute Gasteiger partial charge is 0.310 e. The molecule has 0 aliphatic heterocycles. The Labute approximate surface area is 98.9 Å². The van der Waals surface area contributed by atoms with Crippen molar-refractivity contribution >= 4 is 28.6 Å². The molecule has 0 fully saturated rings. The van der Waals surface area contributed by atoms with Crippen molar-refractivity contribution in [3.05, 3.63) is 34.0 Å². The number of hydrogen-bond acceptors (Lipinski definition) is 2. The van der Waals surface area contributed by atoms with Gasteiger partial charge < -0.3 is 4.74 Å². The predicted molar refractivity (Wildman–Crippen MR) is 67.3 cm³/mol. The average molecular weight is 306 g/mol. The summed E-state index contributed by atoms with van der Waals surface area (Å²) in [6, 6.07) is 0. The Morgan fingerprint density at radius 3 is 2.57 bits per heavy atom. The highest BCUT2D eigenvalue weighted by Gasteiger charge is 2.02. The molecule has 0 aliphatic carbocycles. The molecule has 14 heavy (non-hydrogen) atoms. The summed E-state index contributed by atoms with van der Waals surface area (Å²) in [6.45, 7) is 7.85. The zero-order valence-electron chi connectivity index (χ0n) is 8.55. The Hall–Kier alpha value is -0.580. The number of esters is 1. The van der Waals surface area contributed by atoms with Crippen LogP contribution in [0.25, 0.3) is 0 Å². The molecule has 0 heterocycles. The van der Waals surface area contributed by atoms with Crippen molar-refractivity contribution in [2.45, 2.75) is 20.3 Å². The number of ether oxygens (including phenoxy) is 1. The second-order valence-corrected chi connectivity index (χ2v) is 4.38. The second kappa shape index (κ2) is 7.79. The number of halogens is 1. The molecule has 0 aromatic carbocycles. The van der Waals surface area contributed by atoms with Gasteiger partial charge in [0.15, 0.2) is 0 Å². The van der Waals surface area contributed by atoms with Gasteiger partial charge >= 0.3 is 5.97 Å². The molecule has 0 rings (SSSR count). The van der Waals surface area contributed by atoms with Crippen LogP contribution in [0.2, 0.25) is 0 Å². The van der Waals surface area contributed by atoms with Crippen LogP contribution in [-0.2, 0) is 9.53 Å². The Bertz CT molecular complexity index is 260. The van der Waals surface area contributed by atoms with E-state index >= 15 is 0 Å². The first-order valence-corrected chi connectivity index (χ1v) is 5.49. The van der Waals surface area contributed by atoms with Gasteiger partial charge in [-0.15, -0.1) is 0 Å². The molecule has 0 amide bonds. The maximum atomic E-state index is 11.1. The number of allylic oxidation sites excluding steroid dienone is 4. The monoisotopic (exact) mass is 306 g/mol. The van der Waals surface area contributed by atoms with Gasteiger partial charge in [0.2, 0.25) is 0 Å². The Balaban J connectivity index is 4.29. The molecule has 0 atom stereocenters. The van der Waals surface area contributed by atoms with Gasteiger partial charge in [0, 0.05) is 0 Å². The van der Waals surface area contributed by atoms with E-state index in [2.05, 4.69) is 29.2 Å². The fourth-order valence-electron chi connectivity index (χ4n) is 0.800. The lowest BCUT2D eigenvalue weighted by Gasteiger charge is -2.01. The van der Waals surface area contributed by atoms with E-state index < -0.39 is 0 Å². The van der Waals surface area contributed by atoms with E-state index in [0.717, 1.165) is 9.15 Å². The van der Waals surface area contributed by atoms with Gasteiger partial charge in [-0.05, 0) is 45.6 Å². The summed E-state index contributed by atoms with van der Waals surface area (Å²) < 4.78 is 5.99. The van der Waals surface area contributed by atoms with Gasteiger partial charge in [-0.25, -0.2) is 0 Å².